The molecule has 0 aliphatic heterocycles. The molecule has 6 heteroatoms. The van der Waals surface area contributed by atoms with Crippen molar-refractivity contribution in [3.05, 3.63) is 0 Å². The number of carbonyl (C=O) groups excluding carboxylic acids is 3. The number of carbonyl (C=O) groups is 3. The normalized spacial score (nSPS) is 11.9. The van der Waals surface area contributed by atoms with Crippen LogP contribution in [0.15, 0.2) is 0 Å². The van der Waals surface area contributed by atoms with Crippen LogP contribution in [0.25, 0.3) is 0 Å². The van der Waals surface area contributed by atoms with E-state index >= 15 is 0 Å². The Hall–Kier alpha value is -1.59. The van der Waals surface area contributed by atoms with E-state index in [0.717, 1.165) is 63.7 Å². The largest absolute Gasteiger partial charge is 0.462 e. The lowest BCUT2D eigenvalue weighted by Gasteiger charge is -2.18. The molecule has 0 saturated carbocycles. The molecule has 0 aromatic carbocycles. The van der Waals surface area contributed by atoms with Gasteiger partial charge in [0.1, 0.15) is 13.2 Å². The molecule has 54 heavy (non-hydrogen) atoms. The first-order valence-corrected chi connectivity index (χ1v) is 23.9. The predicted octanol–water partition coefficient (Wildman–Crippen LogP) is 15.1. The van der Waals surface area contributed by atoms with Crippen LogP contribution in [0.2, 0.25) is 0 Å². The van der Waals surface area contributed by atoms with Crippen LogP contribution >= 0.6 is 0 Å². The van der Waals surface area contributed by atoms with Crippen molar-refractivity contribution < 1.29 is 28.6 Å². The lowest BCUT2D eigenvalue weighted by Crippen LogP contribution is -2.30. The van der Waals surface area contributed by atoms with E-state index in [1.807, 2.05) is 0 Å². The van der Waals surface area contributed by atoms with Gasteiger partial charge >= 0.3 is 17.9 Å². The van der Waals surface area contributed by atoms with Crippen molar-refractivity contribution in [2.45, 2.75) is 271 Å². The molecule has 0 aliphatic carbocycles. The molecule has 0 fully saturated rings. The van der Waals surface area contributed by atoms with Crippen LogP contribution in [0.5, 0.6) is 0 Å². The fourth-order valence-corrected chi connectivity index (χ4v) is 7.16. The molecular weight excluding hydrogens is 673 g/mol. The maximum Gasteiger partial charge on any atom is 0.306 e. The number of hydrogen-bond donors (Lipinski definition) is 0. The number of esters is 3. The van der Waals surface area contributed by atoms with Crippen molar-refractivity contribution in [1.29, 1.82) is 0 Å². The fourth-order valence-electron chi connectivity index (χ4n) is 7.16. The van der Waals surface area contributed by atoms with Crippen molar-refractivity contribution in [2.75, 3.05) is 13.2 Å². The van der Waals surface area contributed by atoms with Crippen molar-refractivity contribution in [1.82, 2.24) is 0 Å². The number of unbranched alkanes of at least 4 members (excludes halogenated alkanes) is 30. The van der Waals surface area contributed by atoms with Gasteiger partial charge in [-0.3, -0.25) is 14.4 Å². The van der Waals surface area contributed by atoms with Gasteiger partial charge < -0.3 is 14.2 Å². The molecule has 0 amide bonds. The highest BCUT2D eigenvalue weighted by Crippen LogP contribution is 2.16. The summed E-state index contributed by atoms with van der Waals surface area (Å²) in [6.45, 7) is 8.92. The summed E-state index contributed by atoms with van der Waals surface area (Å²) in [5.41, 5.74) is 0. The standard InChI is InChI=1S/C48H92O6/c1-5-7-9-11-13-15-16-17-18-19-20-21-22-23-25-26-31-35-39-46(49)52-42-45(54-48(51)41-37-33-27-24-14-12-10-8-6-2)43-53-47(50)40-36-32-29-28-30-34-38-44(3)4/h44-45H,5-43H2,1-4H3/t45-/m1/s1. The molecule has 0 rings (SSSR count). The molecule has 0 spiro atoms. The lowest BCUT2D eigenvalue weighted by atomic mass is 10.0. The molecule has 0 heterocycles. The summed E-state index contributed by atoms with van der Waals surface area (Å²) in [4.78, 5) is 37.6. The summed E-state index contributed by atoms with van der Waals surface area (Å²) >= 11 is 0. The van der Waals surface area contributed by atoms with E-state index in [0.29, 0.717) is 19.3 Å². The van der Waals surface area contributed by atoms with Crippen LogP contribution < -0.4 is 0 Å². The highest BCUT2D eigenvalue weighted by molar-refractivity contribution is 5.71. The zero-order valence-electron chi connectivity index (χ0n) is 36.7. The minimum Gasteiger partial charge on any atom is -0.462 e. The maximum absolute atomic E-state index is 12.7. The van der Waals surface area contributed by atoms with Crippen molar-refractivity contribution in [3.8, 4) is 0 Å². The van der Waals surface area contributed by atoms with Crippen LogP contribution in [0.3, 0.4) is 0 Å². The van der Waals surface area contributed by atoms with E-state index in [1.54, 1.807) is 0 Å². The van der Waals surface area contributed by atoms with E-state index < -0.39 is 6.10 Å². The average molecular weight is 765 g/mol. The van der Waals surface area contributed by atoms with Crippen LogP contribution in [0.4, 0.5) is 0 Å². The topological polar surface area (TPSA) is 78.9 Å². The van der Waals surface area contributed by atoms with Crippen LogP contribution in [0.1, 0.15) is 265 Å². The summed E-state index contributed by atoms with van der Waals surface area (Å²) in [5, 5.41) is 0. The Labute approximate surface area is 336 Å². The van der Waals surface area contributed by atoms with Crippen molar-refractivity contribution in [2.24, 2.45) is 5.92 Å². The quantitative estimate of drug-likeness (QED) is 0.0349. The van der Waals surface area contributed by atoms with Crippen LogP contribution in [-0.2, 0) is 28.6 Å². The molecule has 0 bridgehead atoms. The van der Waals surface area contributed by atoms with Crippen molar-refractivity contribution in [3.63, 3.8) is 0 Å². The number of hydrogen-bond acceptors (Lipinski definition) is 6. The highest BCUT2D eigenvalue weighted by atomic mass is 16.6. The number of rotatable bonds is 43. The minimum atomic E-state index is -0.759. The predicted molar refractivity (Wildman–Crippen MR) is 229 cm³/mol. The van der Waals surface area contributed by atoms with Gasteiger partial charge in [-0.15, -0.1) is 0 Å². The molecule has 0 aliphatic rings. The lowest BCUT2D eigenvalue weighted by molar-refractivity contribution is -0.167. The Morgan fingerprint density at radius 3 is 0.907 bits per heavy atom. The Morgan fingerprint density at radius 2 is 0.611 bits per heavy atom. The van der Waals surface area contributed by atoms with E-state index in [-0.39, 0.29) is 31.1 Å². The molecule has 0 saturated heterocycles. The third-order valence-corrected chi connectivity index (χ3v) is 10.8. The Morgan fingerprint density at radius 1 is 0.352 bits per heavy atom. The van der Waals surface area contributed by atoms with E-state index in [2.05, 4.69) is 27.7 Å². The molecule has 1 atom stereocenters. The third kappa shape index (κ3) is 41.6. The van der Waals surface area contributed by atoms with Gasteiger partial charge in [-0.2, -0.15) is 0 Å². The molecule has 0 unspecified atom stereocenters. The zero-order chi connectivity index (χ0) is 39.6. The molecule has 0 N–H and O–H groups in total. The fraction of sp³-hybridized carbons (Fsp3) is 0.938. The number of ether oxygens (including phenoxy) is 3. The summed E-state index contributed by atoms with van der Waals surface area (Å²) in [7, 11) is 0. The highest BCUT2D eigenvalue weighted by Gasteiger charge is 2.19. The second-order valence-corrected chi connectivity index (χ2v) is 16.9. The van der Waals surface area contributed by atoms with Gasteiger partial charge in [0.2, 0.25) is 0 Å². The molecule has 0 aromatic heterocycles. The minimum absolute atomic E-state index is 0.0644. The second kappa shape index (κ2) is 42.6. The summed E-state index contributed by atoms with van der Waals surface area (Å²) < 4.78 is 16.7. The first-order valence-electron chi connectivity index (χ1n) is 23.9. The van der Waals surface area contributed by atoms with Gasteiger partial charge in [0.25, 0.3) is 0 Å². The van der Waals surface area contributed by atoms with E-state index in [9.17, 15) is 14.4 Å². The van der Waals surface area contributed by atoms with E-state index in [4.69, 9.17) is 14.2 Å². The van der Waals surface area contributed by atoms with Crippen LogP contribution in [0, 0.1) is 5.92 Å². The van der Waals surface area contributed by atoms with Gasteiger partial charge in [0, 0.05) is 19.3 Å². The van der Waals surface area contributed by atoms with E-state index in [1.165, 1.54) is 161 Å². The van der Waals surface area contributed by atoms with Gasteiger partial charge in [-0.25, -0.2) is 0 Å². The molecule has 0 aromatic rings. The SMILES string of the molecule is CCCCCCCCCCCCCCCCCCCCC(=O)OC[C@H](COC(=O)CCCCCCCCC(C)C)OC(=O)CCCCCCCCCCC. The smallest absolute Gasteiger partial charge is 0.306 e. The van der Waals surface area contributed by atoms with Gasteiger partial charge in [-0.1, -0.05) is 227 Å². The summed E-state index contributed by atoms with van der Waals surface area (Å²) in [6, 6.07) is 0. The van der Waals surface area contributed by atoms with Gasteiger partial charge in [-0.05, 0) is 25.2 Å². The Balaban J connectivity index is 4.19. The average Bonchev–Trinajstić information content (AvgIpc) is 3.15. The monoisotopic (exact) mass is 765 g/mol. The summed E-state index contributed by atoms with van der Waals surface area (Å²) in [5.74, 6) is -0.0955. The summed E-state index contributed by atoms with van der Waals surface area (Å²) in [6.07, 6.45) is 42.5. The maximum atomic E-state index is 12.7. The van der Waals surface area contributed by atoms with Crippen LogP contribution in [-0.4, -0.2) is 37.2 Å². The Bertz CT molecular complexity index is 811. The second-order valence-electron chi connectivity index (χ2n) is 16.9. The van der Waals surface area contributed by atoms with Crippen molar-refractivity contribution >= 4 is 17.9 Å². The van der Waals surface area contributed by atoms with Gasteiger partial charge in [0.15, 0.2) is 6.10 Å². The molecule has 320 valence electrons. The molecule has 6 nitrogen and oxygen atoms in total. The Kier molecular flexibility index (Phi) is 41.3. The molecule has 0 radical (unpaired) electrons. The third-order valence-electron chi connectivity index (χ3n) is 10.8. The first kappa shape index (κ1) is 52.4. The van der Waals surface area contributed by atoms with Gasteiger partial charge in [0.05, 0.1) is 0 Å². The molecular formula is C48H92O6. The zero-order valence-corrected chi connectivity index (χ0v) is 36.7. The first-order chi connectivity index (χ1) is 26.4.